The van der Waals surface area contributed by atoms with Crippen LogP contribution in [0.15, 0.2) is 36.7 Å². The topological polar surface area (TPSA) is 39.1 Å². The van der Waals surface area contributed by atoms with E-state index in [0.717, 1.165) is 5.82 Å². The molecule has 2 aromatic rings. The number of hydrogen-bond acceptors (Lipinski definition) is 3. The van der Waals surface area contributed by atoms with E-state index in [4.69, 9.17) is 0 Å². The largest absolute Gasteiger partial charge is 0.573 e. The third-order valence-corrected chi connectivity index (χ3v) is 2.72. The van der Waals surface area contributed by atoms with E-state index in [1.165, 1.54) is 12.1 Å². The Morgan fingerprint density at radius 3 is 2.65 bits per heavy atom. The van der Waals surface area contributed by atoms with Gasteiger partial charge in [-0.25, -0.2) is 4.98 Å². The summed E-state index contributed by atoms with van der Waals surface area (Å²) in [5.74, 6) is 0.617. The van der Waals surface area contributed by atoms with Crippen molar-refractivity contribution >= 4 is 0 Å². The van der Waals surface area contributed by atoms with E-state index >= 15 is 0 Å². The molecule has 0 radical (unpaired) electrons. The second kappa shape index (κ2) is 5.96. The first-order valence-corrected chi connectivity index (χ1v) is 5.96. The smallest absolute Gasteiger partial charge is 0.405 e. The third-order valence-electron chi connectivity index (χ3n) is 2.72. The van der Waals surface area contributed by atoms with Gasteiger partial charge in [-0.1, -0.05) is 18.2 Å². The molecule has 0 bridgehead atoms. The number of hydrogen-bond donors (Lipinski definition) is 1. The van der Waals surface area contributed by atoms with Crippen LogP contribution in [-0.4, -0.2) is 15.9 Å². The van der Waals surface area contributed by atoms with Gasteiger partial charge in [-0.2, -0.15) is 0 Å². The molecule has 1 aromatic heterocycles. The number of nitrogens with zero attached hydrogens (tertiary/aromatic N) is 2. The second-order valence-corrected chi connectivity index (χ2v) is 4.21. The van der Waals surface area contributed by atoms with Crippen LogP contribution in [0.3, 0.4) is 0 Å². The maximum absolute atomic E-state index is 12.3. The van der Waals surface area contributed by atoms with E-state index in [9.17, 15) is 13.2 Å². The van der Waals surface area contributed by atoms with E-state index in [0.29, 0.717) is 12.1 Å². The highest BCUT2D eigenvalue weighted by molar-refractivity contribution is 5.33. The molecule has 7 heteroatoms. The van der Waals surface area contributed by atoms with Gasteiger partial charge in [0.1, 0.15) is 11.6 Å². The van der Waals surface area contributed by atoms with Crippen LogP contribution in [0.5, 0.6) is 5.75 Å². The Labute approximate surface area is 114 Å². The zero-order chi connectivity index (χ0) is 14.6. The molecule has 0 unspecified atom stereocenters. The molecule has 0 atom stereocenters. The highest BCUT2D eigenvalue weighted by Gasteiger charge is 2.31. The highest BCUT2D eigenvalue weighted by atomic mass is 19.4. The average molecular weight is 285 g/mol. The minimum absolute atomic E-state index is 0.188. The zero-order valence-corrected chi connectivity index (χ0v) is 10.8. The molecule has 0 fully saturated rings. The van der Waals surface area contributed by atoms with Crippen molar-refractivity contribution in [2.45, 2.75) is 19.5 Å². The molecule has 0 saturated carbocycles. The molecule has 1 aromatic carbocycles. The summed E-state index contributed by atoms with van der Waals surface area (Å²) in [4.78, 5) is 4.12. The van der Waals surface area contributed by atoms with Gasteiger partial charge in [0, 0.05) is 31.5 Å². The van der Waals surface area contributed by atoms with Gasteiger partial charge in [0.2, 0.25) is 0 Å². The van der Waals surface area contributed by atoms with Crippen LogP contribution in [0.25, 0.3) is 0 Å². The monoisotopic (exact) mass is 285 g/mol. The zero-order valence-electron chi connectivity index (χ0n) is 10.8. The maximum Gasteiger partial charge on any atom is 0.573 e. The fourth-order valence-electron chi connectivity index (χ4n) is 1.75. The third kappa shape index (κ3) is 3.99. The van der Waals surface area contributed by atoms with Crippen LogP contribution in [0, 0.1) is 0 Å². The number of para-hydroxylation sites is 1. The van der Waals surface area contributed by atoms with Crippen LogP contribution in [0.4, 0.5) is 13.2 Å². The summed E-state index contributed by atoms with van der Waals surface area (Å²) >= 11 is 0. The minimum Gasteiger partial charge on any atom is -0.405 e. The summed E-state index contributed by atoms with van der Waals surface area (Å²) in [7, 11) is 1.85. The van der Waals surface area contributed by atoms with Gasteiger partial charge in [0.15, 0.2) is 0 Å². The van der Waals surface area contributed by atoms with Crippen LogP contribution in [0.2, 0.25) is 0 Å². The molecule has 20 heavy (non-hydrogen) atoms. The van der Waals surface area contributed by atoms with Crippen LogP contribution in [-0.2, 0) is 20.1 Å². The quantitative estimate of drug-likeness (QED) is 0.918. The lowest BCUT2D eigenvalue weighted by Gasteiger charge is -2.13. The standard InChI is InChI=1S/C13H14F3N3O/c1-19-7-6-18-12(19)9-17-8-10-4-2-3-5-11(10)20-13(14,15)16/h2-7,17H,8-9H2,1H3. The van der Waals surface area contributed by atoms with E-state index in [1.807, 2.05) is 11.6 Å². The summed E-state index contributed by atoms with van der Waals surface area (Å²) in [6, 6.07) is 6.06. The predicted molar refractivity (Wildman–Crippen MR) is 66.9 cm³/mol. The Morgan fingerprint density at radius 2 is 2.00 bits per heavy atom. The lowest BCUT2D eigenvalue weighted by molar-refractivity contribution is -0.274. The van der Waals surface area contributed by atoms with Crippen LogP contribution in [0.1, 0.15) is 11.4 Å². The summed E-state index contributed by atoms with van der Waals surface area (Å²) in [6.45, 7) is 0.725. The summed E-state index contributed by atoms with van der Waals surface area (Å²) in [5.41, 5.74) is 0.444. The molecule has 0 saturated heterocycles. The summed E-state index contributed by atoms with van der Waals surface area (Å²) < 4.78 is 42.6. The van der Waals surface area contributed by atoms with Crippen molar-refractivity contribution in [1.82, 2.24) is 14.9 Å². The first-order valence-electron chi connectivity index (χ1n) is 5.96. The van der Waals surface area contributed by atoms with Crippen molar-refractivity contribution < 1.29 is 17.9 Å². The number of ether oxygens (including phenoxy) is 1. The van der Waals surface area contributed by atoms with E-state index in [-0.39, 0.29) is 12.3 Å². The van der Waals surface area contributed by atoms with E-state index < -0.39 is 6.36 Å². The fourth-order valence-corrected chi connectivity index (χ4v) is 1.75. The number of nitrogens with one attached hydrogen (secondary N) is 1. The number of halogens is 3. The normalized spacial score (nSPS) is 11.6. The number of benzene rings is 1. The maximum atomic E-state index is 12.3. The molecule has 108 valence electrons. The Bertz CT molecular complexity index is 566. The van der Waals surface area contributed by atoms with Crippen molar-refractivity contribution in [1.29, 1.82) is 0 Å². The van der Waals surface area contributed by atoms with Gasteiger partial charge in [0.05, 0.1) is 6.54 Å². The first kappa shape index (κ1) is 14.4. The van der Waals surface area contributed by atoms with Gasteiger partial charge < -0.3 is 14.6 Å². The summed E-state index contributed by atoms with van der Waals surface area (Å²) in [5, 5.41) is 3.04. The molecule has 0 spiro atoms. The van der Waals surface area contributed by atoms with Crippen LogP contribution >= 0.6 is 0 Å². The molecular formula is C13H14F3N3O. The molecule has 4 nitrogen and oxygen atoms in total. The lowest BCUT2D eigenvalue weighted by Crippen LogP contribution is -2.20. The molecular weight excluding hydrogens is 271 g/mol. The Hall–Kier alpha value is -2.02. The van der Waals surface area contributed by atoms with Crippen molar-refractivity contribution in [3.8, 4) is 5.75 Å². The van der Waals surface area contributed by atoms with E-state index in [2.05, 4.69) is 15.0 Å². The number of aryl methyl sites for hydroxylation is 1. The van der Waals surface area contributed by atoms with Crippen molar-refractivity contribution in [2.75, 3.05) is 0 Å². The van der Waals surface area contributed by atoms with Crippen LogP contribution < -0.4 is 10.1 Å². The average Bonchev–Trinajstić information content (AvgIpc) is 2.75. The number of alkyl halides is 3. The summed E-state index contributed by atoms with van der Waals surface area (Å²) in [6.07, 6.45) is -1.22. The van der Waals surface area contributed by atoms with Gasteiger partial charge in [-0.15, -0.1) is 13.2 Å². The fraction of sp³-hybridized carbons (Fsp3) is 0.308. The number of aromatic nitrogens is 2. The molecule has 0 aliphatic rings. The SMILES string of the molecule is Cn1ccnc1CNCc1ccccc1OC(F)(F)F. The van der Waals surface area contributed by atoms with E-state index in [1.54, 1.807) is 24.5 Å². The van der Waals surface area contributed by atoms with Crippen molar-refractivity contribution in [3.05, 3.63) is 48.0 Å². The number of rotatable bonds is 5. The van der Waals surface area contributed by atoms with Crippen molar-refractivity contribution in [3.63, 3.8) is 0 Å². The highest BCUT2D eigenvalue weighted by Crippen LogP contribution is 2.26. The Kier molecular flexibility index (Phi) is 4.29. The molecule has 0 aliphatic heterocycles. The van der Waals surface area contributed by atoms with Gasteiger partial charge in [0.25, 0.3) is 0 Å². The lowest BCUT2D eigenvalue weighted by atomic mass is 10.2. The predicted octanol–water partition coefficient (Wildman–Crippen LogP) is 2.61. The van der Waals surface area contributed by atoms with Gasteiger partial charge >= 0.3 is 6.36 Å². The first-order chi connectivity index (χ1) is 9.46. The molecule has 1 heterocycles. The molecule has 2 rings (SSSR count). The number of imidazole rings is 1. The molecule has 0 amide bonds. The second-order valence-electron chi connectivity index (χ2n) is 4.21. The molecule has 1 N–H and O–H groups in total. The minimum atomic E-state index is -4.68. The van der Waals surface area contributed by atoms with Gasteiger partial charge in [-0.3, -0.25) is 0 Å². The Balaban J connectivity index is 1.97. The van der Waals surface area contributed by atoms with Gasteiger partial charge in [-0.05, 0) is 6.07 Å². The molecule has 0 aliphatic carbocycles. The van der Waals surface area contributed by atoms with Crippen molar-refractivity contribution in [2.24, 2.45) is 7.05 Å². The Morgan fingerprint density at radius 1 is 1.25 bits per heavy atom.